The topological polar surface area (TPSA) is 68.0 Å². The van der Waals surface area contributed by atoms with Crippen molar-refractivity contribution in [3.05, 3.63) is 81.9 Å². The Labute approximate surface area is 179 Å². The number of hydrogen-bond acceptors (Lipinski definition) is 5. The zero-order valence-electron chi connectivity index (χ0n) is 15.6. The first-order valence-electron chi connectivity index (χ1n) is 8.74. The molecule has 0 N–H and O–H groups in total. The van der Waals surface area contributed by atoms with Gasteiger partial charge in [-0.1, -0.05) is 53.5 Å². The Morgan fingerprint density at radius 3 is 2.48 bits per heavy atom. The first-order chi connectivity index (χ1) is 14.1. The van der Waals surface area contributed by atoms with Gasteiger partial charge in [-0.15, -0.1) is 0 Å². The fourth-order valence-corrected chi connectivity index (χ4v) is 3.10. The molecular weight excluding hydrogens is 409 g/mol. The van der Waals surface area contributed by atoms with Gasteiger partial charge < -0.3 is 9.47 Å². The van der Waals surface area contributed by atoms with Crippen LogP contribution in [0.4, 0.5) is 0 Å². The predicted molar refractivity (Wildman–Crippen MR) is 114 cm³/mol. The molecule has 2 heterocycles. The molecule has 0 unspecified atom stereocenters. The van der Waals surface area contributed by atoms with Crippen molar-refractivity contribution < 1.29 is 9.47 Å². The van der Waals surface area contributed by atoms with Gasteiger partial charge in [0.25, 0.3) is 0 Å². The van der Waals surface area contributed by atoms with Gasteiger partial charge >= 0.3 is 0 Å². The second kappa shape index (κ2) is 9.92. The van der Waals surface area contributed by atoms with Gasteiger partial charge in [0, 0.05) is 30.4 Å². The third kappa shape index (κ3) is 5.26. The average molecular weight is 426 g/mol. The Morgan fingerprint density at radius 1 is 1.10 bits per heavy atom. The van der Waals surface area contributed by atoms with Crippen molar-refractivity contribution in [3.8, 4) is 17.6 Å². The minimum atomic E-state index is 0.288. The highest BCUT2D eigenvalue weighted by Crippen LogP contribution is 2.31. The molecule has 0 fully saturated rings. The van der Waals surface area contributed by atoms with Crippen LogP contribution in [-0.4, -0.2) is 23.7 Å². The molecule has 0 spiro atoms. The Morgan fingerprint density at radius 2 is 1.83 bits per heavy atom. The van der Waals surface area contributed by atoms with Crippen LogP contribution in [0.25, 0.3) is 11.6 Å². The van der Waals surface area contributed by atoms with Gasteiger partial charge in [-0.3, -0.25) is 9.97 Å². The van der Waals surface area contributed by atoms with Crippen LogP contribution >= 0.6 is 23.2 Å². The zero-order valence-corrected chi connectivity index (χ0v) is 17.1. The third-order valence-corrected chi connectivity index (χ3v) is 4.72. The van der Waals surface area contributed by atoms with Gasteiger partial charge in [0.1, 0.15) is 6.07 Å². The normalized spacial score (nSPS) is 11.0. The second-order valence-corrected chi connectivity index (χ2v) is 6.81. The largest absolute Gasteiger partial charge is 0.491 e. The van der Waals surface area contributed by atoms with Crippen molar-refractivity contribution in [3.63, 3.8) is 0 Å². The van der Waals surface area contributed by atoms with Gasteiger partial charge in [0.2, 0.25) is 0 Å². The smallest absolute Gasteiger partial charge is 0.179 e. The minimum Gasteiger partial charge on any atom is -0.491 e. The van der Waals surface area contributed by atoms with Crippen LogP contribution in [0.2, 0.25) is 10.0 Å². The lowest BCUT2D eigenvalue weighted by molar-refractivity contribution is 0.296. The molecule has 0 saturated heterocycles. The van der Waals surface area contributed by atoms with Crippen LogP contribution in [0, 0.1) is 11.3 Å². The second-order valence-electron chi connectivity index (χ2n) is 5.99. The molecule has 0 atom stereocenters. The number of benzene rings is 1. The number of aromatic nitrogens is 2. The lowest BCUT2D eigenvalue weighted by Crippen LogP contribution is -2.04. The highest BCUT2D eigenvalue weighted by Gasteiger charge is 2.13. The van der Waals surface area contributed by atoms with Crippen molar-refractivity contribution >= 4 is 34.9 Å². The molecule has 1 aromatic carbocycles. The highest BCUT2D eigenvalue weighted by atomic mass is 35.5. The fourth-order valence-electron chi connectivity index (χ4n) is 2.63. The quantitative estimate of drug-likeness (QED) is 0.468. The summed E-state index contributed by atoms with van der Waals surface area (Å²) in [5.74, 6) is 0.987. The van der Waals surface area contributed by atoms with Crippen molar-refractivity contribution in [1.82, 2.24) is 9.97 Å². The van der Waals surface area contributed by atoms with E-state index in [9.17, 15) is 5.26 Å². The van der Waals surface area contributed by atoms with Crippen LogP contribution in [0.5, 0.6) is 11.5 Å². The maximum Gasteiger partial charge on any atom is 0.179 e. The van der Waals surface area contributed by atoms with Gasteiger partial charge in [-0.25, -0.2) is 0 Å². The van der Waals surface area contributed by atoms with E-state index in [0.29, 0.717) is 39.4 Å². The molecule has 2 aromatic heterocycles. The van der Waals surface area contributed by atoms with Crippen molar-refractivity contribution in [1.29, 1.82) is 5.26 Å². The molecule has 3 aromatic rings. The number of nitrogens with zero attached hydrogens (tertiary/aromatic N) is 3. The number of nitriles is 1. The summed E-state index contributed by atoms with van der Waals surface area (Å²) in [6.45, 7) is 0.456. The van der Waals surface area contributed by atoms with Gasteiger partial charge in [0.15, 0.2) is 11.5 Å². The predicted octanol–water partition coefficient (Wildman–Crippen LogP) is 5.48. The Balaban J connectivity index is 1.86. The van der Waals surface area contributed by atoms with E-state index in [-0.39, 0.29) is 5.57 Å². The van der Waals surface area contributed by atoms with E-state index < -0.39 is 0 Å². The van der Waals surface area contributed by atoms with E-state index in [1.807, 2.05) is 30.3 Å². The highest BCUT2D eigenvalue weighted by molar-refractivity contribution is 6.37. The minimum absolute atomic E-state index is 0.288. The zero-order chi connectivity index (χ0) is 20.6. The summed E-state index contributed by atoms with van der Waals surface area (Å²) in [4.78, 5) is 8.22. The summed E-state index contributed by atoms with van der Waals surface area (Å²) in [7, 11) is 1.54. The maximum absolute atomic E-state index is 9.63. The third-order valence-electron chi connectivity index (χ3n) is 4.12. The number of rotatable bonds is 7. The van der Waals surface area contributed by atoms with E-state index in [0.717, 1.165) is 6.42 Å². The van der Waals surface area contributed by atoms with Crippen LogP contribution in [0.1, 0.15) is 16.8 Å². The lowest BCUT2D eigenvalue weighted by atomic mass is 10.1. The molecule has 5 nitrogen and oxygen atoms in total. The van der Waals surface area contributed by atoms with Crippen LogP contribution in [0.3, 0.4) is 0 Å². The molecule has 0 aliphatic carbocycles. The maximum atomic E-state index is 9.63. The van der Waals surface area contributed by atoms with E-state index in [2.05, 4.69) is 16.0 Å². The molecule has 0 amide bonds. The first-order valence-corrected chi connectivity index (χ1v) is 9.50. The number of allylic oxidation sites excluding steroid dienone is 1. The number of pyridine rings is 2. The molecule has 146 valence electrons. The molecule has 7 heteroatoms. The molecular formula is C22H17Cl2N3O2. The molecule has 0 radical (unpaired) electrons. The number of ether oxygens (including phenoxy) is 2. The van der Waals surface area contributed by atoms with Gasteiger partial charge in [-0.05, 0) is 11.6 Å². The molecule has 3 rings (SSSR count). The Hall–Kier alpha value is -3.07. The standard InChI is InChI=1S/C22H17Cl2N3O2/c1-28-22-14-27-20(10-21(22)29-8-7-15-5-3-2-4-6-15)16(11-25)9-17-18(23)12-26-13-19(17)24/h2-6,9-10,12-14H,7-8H2,1H3/b16-9+. The van der Waals surface area contributed by atoms with Gasteiger partial charge in [0.05, 0.1) is 41.2 Å². The summed E-state index contributed by atoms with van der Waals surface area (Å²) in [5, 5.41) is 10.3. The SMILES string of the molecule is COc1cnc(/C(C#N)=C/c2c(Cl)cncc2Cl)cc1OCCc1ccccc1. The number of hydrogen-bond donors (Lipinski definition) is 0. The summed E-state index contributed by atoms with van der Waals surface area (Å²) >= 11 is 12.3. The summed E-state index contributed by atoms with van der Waals surface area (Å²) in [6, 6.07) is 13.8. The monoisotopic (exact) mass is 425 g/mol. The van der Waals surface area contributed by atoms with Crippen molar-refractivity contribution in [2.45, 2.75) is 6.42 Å². The Bertz CT molecular complexity index is 1040. The summed E-state index contributed by atoms with van der Waals surface area (Å²) in [5.41, 5.74) is 2.38. The van der Waals surface area contributed by atoms with E-state index in [4.69, 9.17) is 32.7 Å². The van der Waals surface area contributed by atoms with Crippen LogP contribution < -0.4 is 9.47 Å². The van der Waals surface area contributed by atoms with Crippen molar-refractivity contribution in [2.24, 2.45) is 0 Å². The first kappa shape index (κ1) is 20.7. The fraction of sp³-hybridized carbons (Fsp3) is 0.136. The average Bonchev–Trinajstić information content (AvgIpc) is 2.74. The molecule has 0 saturated carbocycles. The van der Waals surface area contributed by atoms with Crippen LogP contribution in [-0.2, 0) is 6.42 Å². The molecule has 0 aliphatic heterocycles. The van der Waals surface area contributed by atoms with E-state index in [1.165, 1.54) is 31.3 Å². The van der Waals surface area contributed by atoms with E-state index >= 15 is 0 Å². The Kier molecular flexibility index (Phi) is 7.07. The number of halogens is 2. The van der Waals surface area contributed by atoms with Crippen LogP contribution in [0.15, 0.2) is 55.0 Å². The summed E-state index contributed by atoms with van der Waals surface area (Å²) in [6.07, 6.45) is 6.77. The van der Waals surface area contributed by atoms with Gasteiger partial charge in [-0.2, -0.15) is 5.26 Å². The molecule has 0 bridgehead atoms. The molecule has 0 aliphatic rings. The number of methoxy groups -OCH3 is 1. The lowest BCUT2D eigenvalue weighted by Gasteiger charge is -2.12. The van der Waals surface area contributed by atoms with Crippen molar-refractivity contribution in [2.75, 3.05) is 13.7 Å². The molecule has 29 heavy (non-hydrogen) atoms. The van der Waals surface area contributed by atoms with E-state index in [1.54, 1.807) is 12.1 Å². The summed E-state index contributed by atoms with van der Waals surface area (Å²) < 4.78 is 11.2.